The van der Waals surface area contributed by atoms with E-state index in [0.717, 1.165) is 11.3 Å². The second-order valence-electron chi connectivity index (χ2n) is 4.18. The van der Waals surface area contributed by atoms with Gasteiger partial charge in [0, 0.05) is 23.2 Å². The van der Waals surface area contributed by atoms with Gasteiger partial charge in [-0.1, -0.05) is 30.4 Å². The number of hydrogen-bond acceptors (Lipinski definition) is 3. The van der Waals surface area contributed by atoms with Gasteiger partial charge in [-0.2, -0.15) is 0 Å². The second kappa shape index (κ2) is 5.50. The van der Waals surface area contributed by atoms with E-state index in [4.69, 9.17) is 18.0 Å². The molecule has 0 bridgehead atoms. The average Bonchev–Trinajstić information content (AvgIpc) is 2.90. The van der Waals surface area contributed by atoms with Gasteiger partial charge in [0.2, 0.25) is 0 Å². The van der Waals surface area contributed by atoms with Gasteiger partial charge >= 0.3 is 0 Å². The standard InChI is InChI=1S/C14H16N2S2/c1-10(13-8-5-9-18-13)16(2)12-7-4-3-6-11(12)14(15)17/h3-10H,1-2H3,(H2,15,17). The van der Waals surface area contributed by atoms with Crippen LogP contribution in [0.25, 0.3) is 0 Å². The molecule has 2 rings (SSSR count). The summed E-state index contributed by atoms with van der Waals surface area (Å²) in [6, 6.07) is 12.5. The summed E-state index contributed by atoms with van der Waals surface area (Å²) >= 11 is 6.87. The lowest BCUT2D eigenvalue weighted by atomic mass is 10.1. The van der Waals surface area contributed by atoms with Gasteiger partial charge in [-0.05, 0) is 30.5 Å². The van der Waals surface area contributed by atoms with Crippen LogP contribution in [0.2, 0.25) is 0 Å². The van der Waals surface area contributed by atoms with Crippen molar-refractivity contribution in [2.45, 2.75) is 13.0 Å². The highest BCUT2D eigenvalue weighted by Crippen LogP contribution is 2.30. The summed E-state index contributed by atoms with van der Waals surface area (Å²) in [5, 5.41) is 2.10. The molecule has 0 fully saturated rings. The van der Waals surface area contributed by atoms with Crippen molar-refractivity contribution in [3.05, 3.63) is 52.2 Å². The Balaban J connectivity index is 2.34. The molecule has 0 saturated carbocycles. The number of nitrogens with zero attached hydrogens (tertiary/aromatic N) is 1. The SMILES string of the molecule is CC(c1cccs1)N(C)c1ccccc1C(N)=S. The fraction of sp³-hybridized carbons (Fsp3) is 0.214. The Hall–Kier alpha value is -1.39. The van der Waals surface area contributed by atoms with E-state index in [0.29, 0.717) is 11.0 Å². The van der Waals surface area contributed by atoms with Crippen molar-refractivity contribution in [3.63, 3.8) is 0 Å². The van der Waals surface area contributed by atoms with Crippen molar-refractivity contribution in [2.24, 2.45) is 5.73 Å². The van der Waals surface area contributed by atoms with E-state index in [2.05, 4.69) is 42.5 Å². The number of thiophene rings is 1. The van der Waals surface area contributed by atoms with Crippen LogP contribution in [0, 0.1) is 0 Å². The van der Waals surface area contributed by atoms with Crippen LogP contribution in [0.5, 0.6) is 0 Å². The molecular formula is C14H16N2S2. The Morgan fingerprint density at radius 3 is 2.61 bits per heavy atom. The maximum atomic E-state index is 5.78. The van der Waals surface area contributed by atoms with Gasteiger partial charge in [0.05, 0.1) is 6.04 Å². The molecule has 94 valence electrons. The van der Waals surface area contributed by atoms with Crippen molar-refractivity contribution in [3.8, 4) is 0 Å². The van der Waals surface area contributed by atoms with E-state index in [1.54, 1.807) is 11.3 Å². The quantitative estimate of drug-likeness (QED) is 0.866. The number of benzene rings is 1. The molecular weight excluding hydrogens is 260 g/mol. The molecule has 2 N–H and O–H groups in total. The van der Waals surface area contributed by atoms with E-state index in [1.807, 2.05) is 18.2 Å². The van der Waals surface area contributed by atoms with Gasteiger partial charge in [-0.15, -0.1) is 11.3 Å². The van der Waals surface area contributed by atoms with Crippen LogP contribution in [0.15, 0.2) is 41.8 Å². The van der Waals surface area contributed by atoms with Crippen LogP contribution in [-0.2, 0) is 0 Å². The van der Waals surface area contributed by atoms with Gasteiger partial charge in [0.25, 0.3) is 0 Å². The van der Waals surface area contributed by atoms with E-state index in [9.17, 15) is 0 Å². The summed E-state index contributed by atoms with van der Waals surface area (Å²) < 4.78 is 0. The monoisotopic (exact) mass is 276 g/mol. The molecule has 0 spiro atoms. The Kier molecular flexibility index (Phi) is 3.99. The molecule has 0 amide bonds. The normalized spacial score (nSPS) is 12.1. The summed E-state index contributed by atoms with van der Waals surface area (Å²) in [6.45, 7) is 2.18. The Labute approximate surface area is 117 Å². The lowest BCUT2D eigenvalue weighted by Crippen LogP contribution is -2.24. The predicted octanol–water partition coefficient (Wildman–Crippen LogP) is 3.58. The van der Waals surface area contributed by atoms with Crippen LogP contribution < -0.4 is 10.6 Å². The third-order valence-electron chi connectivity index (χ3n) is 3.09. The molecule has 0 aliphatic carbocycles. The minimum absolute atomic E-state index is 0.306. The van der Waals surface area contributed by atoms with Crippen LogP contribution >= 0.6 is 23.6 Å². The number of hydrogen-bond donors (Lipinski definition) is 1. The number of nitrogens with two attached hydrogens (primary N) is 1. The second-order valence-corrected chi connectivity index (χ2v) is 5.60. The molecule has 0 radical (unpaired) electrons. The van der Waals surface area contributed by atoms with Crippen molar-refractivity contribution in [1.29, 1.82) is 0 Å². The summed E-state index contributed by atoms with van der Waals surface area (Å²) in [5.41, 5.74) is 7.78. The Morgan fingerprint density at radius 2 is 2.00 bits per heavy atom. The first kappa shape index (κ1) is 13.1. The Bertz CT molecular complexity index is 534. The fourth-order valence-corrected chi connectivity index (χ4v) is 2.92. The summed E-state index contributed by atoms with van der Waals surface area (Å²) in [4.78, 5) is 3.98. The molecule has 0 aliphatic rings. The predicted molar refractivity (Wildman–Crippen MR) is 83.5 cm³/mol. The molecule has 4 heteroatoms. The van der Waals surface area contributed by atoms with E-state index < -0.39 is 0 Å². The smallest absolute Gasteiger partial charge is 0.106 e. The third-order valence-corrected chi connectivity index (χ3v) is 4.35. The first-order chi connectivity index (χ1) is 8.61. The number of thiocarbonyl (C=S) groups is 1. The number of para-hydroxylation sites is 1. The van der Waals surface area contributed by atoms with E-state index in [1.165, 1.54) is 4.88 Å². The molecule has 1 unspecified atom stereocenters. The first-order valence-corrected chi connectivity index (χ1v) is 7.05. The molecule has 18 heavy (non-hydrogen) atoms. The Morgan fingerprint density at radius 1 is 1.28 bits per heavy atom. The van der Waals surface area contributed by atoms with E-state index in [-0.39, 0.29) is 0 Å². The third kappa shape index (κ3) is 2.54. The van der Waals surface area contributed by atoms with Gasteiger partial charge < -0.3 is 10.6 Å². The van der Waals surface area contributed by atoms with Crippen LogP contribution in [-0.4, -0.2) is 12.0 Å². The van der Waals surface area contributed by atoms with Crippen LogP contribution in [0.4, 0.5) is 5.69 Å². The highest BCUT2D eigenvalue weighted by Gasteiger charge is 2.16. The van der Waals surface area contributed by atoms with Crippen molar-refractivity contribution < 1.29 is 0 Å². The van der Waals surface area contributed by atoms with Gasteiger partial charge in [-0.3, -0.25) is 0 Å². The van der Waals surface area contributed by atoms with Crippen LogP contribution in [0.1, 0.15) is 23.4 Å². The highest BCUT2D eigenvalue weighted by molar-refractivity contribution is 7.80. The van der Waals surface area contributed by atoms with Gasteiger partial charge in [0.15, 0.2) is 0 Å². The maximum absolute atomic E-state index is 5.78. The summed E-state index contributed by atoms with van der Waals surface area (Å²) in [5.74, 6) is 0. The van der Waals surface area contributed by atoms with Crippen molar-refractivity contribution in [1.82, 2.24) is 0 Å². The average molecular weight is 276 g/mol. The van der Waals surface area contributed by atoms with Crippen LogP contribution in [0.3, 0.4) is 0 Å². The lowest BCUT2D eigenvalue weighted by Gasteiger charge is -2.28. The largest absolute Gasteiger partial charge is 0.389 e. The minimum Gasteiger partial charge on any atom is -0.389 e. The molecule has 1 heterocycles. The van der Waals surface area contributed by atoms with Gasteiger partial charge in [0.1, 0.15) is 4.99 Å². The highest BCUT2D eigenvalue weighted by atomic mass is 32.1. The molecule has 0 saturated heterocycles. The number of anilines is 1. The summed E-state index contributed by atoms with van der Waals surface area (Å²) in [6.07, 6.45) is 0. The number of rotatable bonds is 4. The summed E-state index contributed by atoms with van der Waals surface area (Å²) in [7, 11) is 2.07. The fourth-order valence-electron chi connectivity index (χ4n) is 1.92. The zero-order valence-electron chi connectivity index (χ0n) is 10.5. The zero-order valence-corrected chi connectivity index (χ0v) is 12.1. The zero-order chi connectivity index (χ0) is 13.1. The van der Waals surface area contributed by atoms with Crippen molar-refractivity contribution in [2.75, 3.05) is 11.9 Å². The van der Waals surface area contributed by atoms with Gasteiger partial charge in [-0.25, -0.2) is 0 Å². The van der Waals surface area contributed by atoms with Crippen molar-refractivity contribution >= 4 is 34.2 Å². The first-order valence-electron chi connectivity index (χ1n) is 5.76. The molecule has 1 aromatic heterocycles. The molecule has 0 aliphatic heterocycles. The lowest BCUT2D eigenvalue weighted by molar-refractivity contribution is 0.753. The molecule has 1 aromatic carbocycles. The van der Waals surface area contributed by atoms with E-state index >= 15 is 0 Å². The minimum atomic E-state index is 0.306. The molecule has 2 nitrogen and oxygen atoms in total. The maximum Gasteiger partial charge on any atom is 0.106 e. The molecule has 1 atom stereocenters. The topological polar surface area (TPSA) is 29.3 Å². The molecule has 2 aromatic rings.